The topological polar surface area (TPSA) is 24.5 Å². The van der Waals surface area contributed by atoms with Crippen LogP contribution in [0.15, 0.2) is 36.0 Å². The number of terminal acetylenes is 1. The van der Waals surface area contributed by atoms with E-state index < -0.39 is 6.36 Å². The smallest absolute Gasteiger partial charge is 0.406 e. The Bertz CT molecular complexity index is 582. The fourth-order valence-electron chi connectivity index (χ4n) is 2.36. The minimum atomic E-state index is -4.65. The van der Waals surface area contributed by atoms with E-state index in [1.165, 1.54) is 44.5 Å². The summed E-state index contributed by atoms with van der Waals surface area (Å²) in [5.41, 5.74) is 1.86. The Morgan fingerprint density at radius 3 is 1.91 bits per heavy atom. The van der Waals surface area contributed by atoms with Crippen LogP contribution in [0.3, 0.4) is 0 Å². The molecule has 0 unspecified atom stereocenters. The monoisotopic (exact) mass is 488 g/mol. The van der Waals surface area contributed by atoms with Crippen LogP contribution in [0, 0.1) is 18.8 Å². The van der Waals surface area contributed by atoms with Crippen LogP contribution < -0.4 is 15.0 Å². The Morgan fingerprint density at radius 2 is 1.53 bits per heavy atom. The Labute approximate surface area is 209 Å². The molecule has 6 heteroatoms. The lowest BCUT2D eigenvalue weighted by atomic mass is 10.1. The van der Waals surface area contributed by atoms with Gasteiger partial charge in [0.25, 0.3) is 0 Å². The molecule has 0 bridgehead atoms. The van der Waals surface area contributed by atoms with Crippen molar-refractivity contribution in [2.45, 2.75) is 94.4 Å². The van der Waals surface area contributed by atoms with Crippen molar-refractivity contribution >= 4 is 5.69 Å². The number of anilines is 1. The van der Waals surface area contributed by atoms with Crippen LogP contribution in [0.2, 0.25) is 0 Å². The van der Waals surface area contributed by atoms with Crippen molar-refractivity contribution in [2.75, 3.05) is 25.0 Å². The van der Waals surface area contributed by atoms with Gasteiger partial charge in [-0.1, -0.05) is 67.9 Å². The number of halogens is 3. The van der Waals surface area contributed by atoms with Gasteiger partial charge in [-0.15, -0.1) is 26.0 Å². The lowest BCUT2D eigenvalue weighted by Gasteiger charge is -2.20. The summed E-state index contributed by atoms with van der Waals surface area (Å²) < 4.78 is 39.8. The lowest BCUT2D eigenvalue weighted by Crippen LogP contribution is -2.17. The lowest BCUT2D eigenvalue weighted by molar-refractivity contribution is -0.274. The molecule has 0 saturated heterocycles. The van der Waals surface area contributed by atoms with E-state index in [9.17, 15) is 13.2 Å². The first-order valence-electron chi connectivity index (χ1n) is 12.4. The van der Waals surface area contributed by atoms with E-state index in [4.69, 9.17) is 0 Å². The predicted molar refractivity (Wildman–Crippen MR) is 145 cm³/mol. The molecule has 0 heterocycles. The van der Waals surface area contributed by atoms with E-state index in [-0.39, 0.29) is 5.75 Å². The van der Waals surface area contributed by atoms with Crippen molar-refractivity contribution in [2.24, 2.45) is 5.92 Å². The molecule has 0 aromatic heterocycles. The van der Waals surface area contributed by atoms with Gasteiger partial charge in [0.1, 0.15) is 5.75 Å². The van der Waals surface area contributed by atoms with Crippen LogP contribution in [-0.4, -0.2) is 26.5 Å². The fraction of sp³-hybridized carbons (Fsp3) is 0.643. The number of benzene rings is 1. The van der Waals surface area contributed by atoms with Crippen molar-refractivity contribution in [1.29, 1.82) is 0 Å². The summed E-state index contributed by atoms with van der Waals surface area (Å²) in [6.45, 7) is 21.1. The number of alkyl halides is 3. The van der Waals surface area contributed by atoms with Crippen molar-refractivity contribution in [3.05, 3.63) is 36.0 Å². The van der Waals surface area contributed by atoms with Gasteiger partial charge in [-0.25, -0.2) is 0 Å². The van der Waals surface area contributed by atoms with E-state index >= 15 is 0 Å². The van der Waals surface area contributed by atoms with E-state index in [2.05, 4.69) is 43.7 Å². The molecule has 0 aliphatic rings. The zero-order chi connectivity index (χ0) is 27.6. The van der Waals surface area contributed by atoms with E-state index in [0.29, 0.717) is 0 Å². The van der Waals surface area contributed by atoms with Crippen molar-refractivity contribution in [3.8, 4) is 18.6 Å². The maximum atomic E-state index is 12.0. The Hall–Kier alpha value is -2.13. The van der Waals surface area contributed by atoms with E-state index in [1.807, 2.05) is 59.6 Å². The highest BCUT2D eigenvalue weighted by atomic mass is 19.4. The van der Waals surface area contributed by atoms with Gasteiger partial charge in [0.2, 0.25) is 0 Å². The Morgan fingerprint density at radius 1 is 1.03 bits per heavy atom. The molecule has 1 aromatic rings. The highest BCUT2D eigenvalue weighted by molar-refractivity contribution is 5.52. The van der Waals surface area contributed by atoms with Crippen LogP contribution in [0.25, 0.3) is 0 Å². The zero-order valence-electron chi connectivity index (χ0n) is 23.4. The molecule has 0 radical (unpaired) electrons. The predicted octanol–water partition coefficient (Wildman–Crippen LogP) is 9.06. The minimum Gasteiger partial charge on any atom is -0.406 e. The maximum absolute atomic E-state index is 12.0. The summed E-state index contributed by atoms with van der Waals surface area (Å²) in [4.78, 5) is 1.90. The van der Waals surface area contributed by atoms with Gasteiger partial charge in [0.15, 0.2) is 0 Å². The number of nitrogens with zero attached hydrogens (tertiary/aromatic N) is 1. The van der Waals surface area contributed by atoms with E-state index in [1.54, 1.807) is 12.1 Å². The summed E-state index contributed by atoms with van der Waals surface area (Å²) in [5.74, 6) is 0.682. The normalized spacial score (nSPS) is 11.0. The van der Waals surface area contributed by atoms with Gasteiger partial charge >= 0.3 is 6.36 Å². The van der Waals surface area contributed by atoms with Gasteiger partial charge in [0.05, 0.1) is 0 Å². The third kappa shape index (κ3) is 24.5. The highest BCUT2D eigenvalue weighted by Gasteiger charge is 2.30. The molecule has 3 nitrogen and oxygen atoms in total. The van der Waals surface area contributed by atoms with Crippen molar-refractivity contribution in [3.63, 3.8) is 0 Å². The molecule has 34 heavy (non-hydrogen) atoms. The summed E-state index contributed by atoms with van der Waals surface area (Å²) in [6.07, 6.45) is 10.2. The molecule has 0 amide bonds. The first-order chi connectivity index (χ1) is 16.1. The Kier molecular flexibility index (Phi) is 31.2. The van der Waals surface area contributed by atoms with Crippen LogP contribution in [0.5, 0.6) is 5.75 Å². The van der Waals surface area contributed by atoms with Gasteiger partial charge in [-0.05, 0) is 69.5 Å². The fourth-order valence-corrected chi connectivity index (χ4v) is 2.36. The summed E-state index contributed by atoms with van der Waals surface area (Å²) in [7, 11) is 1.86. The van der Waals surface area contributed by atoms with Crippen LogP contribution in [-0.2, 0) is 0 Å². The van der Waals surface area contributed by atoms with Crippen LogP contribution >= 0.6 is 0 Å². The first-order valence-corrected chi connectivity index (χ1v) is 12.4. The first kappa shape index (κ1) is 39.1. The third-order valence-corrected chi connectivity index (χ3v) is 4.42. The molecule has 1 N–H and O–H groups in total. The number of ether oxygens (including phenoxy) is 1. The number of rotatable bonds is 10. The van der Waals surface area contributed by atoms with Gasteiger partial charge in [0, 0.05) is 18.4 Å². The van der Waals surface area contributed by atoms with Gasteiger partial charge in [-0.2, -0.15) is 0 Å². The number of allylic oxidation sites excluding steroid dienone is 2. The molecule has 0 saturated carbocycles. The van der Waals surface area contributed by atoms with Gasteiger partial charge < -0.3 is 15.0 Å². The molecular weight excluding hydrogens is 437 g/mol. The largest absolute Gasteiger partial charge is 0.573 e. The zero-order valence-corrected chi connectivity index (χ0v) is 23.4. The summed E-state index contributed by atoms with van der Waals surface area (Å²) in [5, 5.41) is 3.40. The Balaban J connectivity index is -0.000000239. The standard InChI is InChI=1S/C13H16F3NO.C9H21N.2C2H6.C2H2/c1-4-5-10(2)17(3)11-6-8-12(9-7-11)18-13(14,15)16;1-4-7-10-8-6-9(3)5-2;3*1-2/h5-9H,4H2,1-3H3;9-10H,4-8H2,1-3H3;2*1-2H3;1-2H/b10-5-;;;;/t;9-;;;/m.1.../s1. The van der Waals surface area contributed by atoms with Crippen molar-refractivity contribution in [1.82, 2.24) is 5.32 Å². The summed E-state index contributed by atoms with van der Waals surface area (Å²) in [6, 6.07) is 5.79. The quantitative estimate of drug-likeness (QED) is 0.262. The third-order valence-electron chi connectivity index (χ3n) is 4.42. The summed E-state index contributed by atoms with van der Waals surface area (Å²) >= 11 is 0. The van der Waals surface area contributed by atoms with Crippen LogP contribution in [0.4, 0.5) is 18.9 Å². The number of nitrogens with one attached hydrogen (secondary N) is 1. The van der Waals surface area contributed by atoms with E-state index in [0.717, 1.165) is 23.7 Å². The average molecular weight is 489 g/mol. The number of hydrogen-bond donors (Lipinski definition) is 1. The average Bonchev–Trinajstić information content (AvgIpc) is 2.85. The van der Waals surface area contributed by atoms with Crippen LogP contribution in [0.1, 0.15) is 88.0 Å². The molecule has 0 fully saturated rings. The van der Waals surface area contributed by atoms with Gasteiger partial charge in [-0.3, -0.25) is 0 Å². The SMILES string of the molecule is C#C.CC.CC.CC/C=C(/C)N(C)c1ccc(OC(F)(F)F)cc1.CCCNCC[C@H](C)CC. The molecule has 0 aliphatic carbocycles. The second kappa shape index (κ2) is 27.1. The molecule has 1 rings (SSSR count). The van der Waals surface area contributed by atoms with Crippen molar-refractivity contribution < 1.29 is 17.9 Å². The minimum absolute atomic E-state index is 0.211. The molecule has 0 aliphatic heterocycles. The maximum Gasteiger partial charge on any atom is 0.573 e. The molecule has 200 valence electrons. The molecular formula is C28H51F3N2O. The molecule has 1 aromatic carbocycles. The second-order valence-corrected chi connectivity index (χ2v) is 6.91. The second-order valence-electron chi connectivity index (χ2n) is 6.91. The number of hydrogen-bond acceptors (Lipinski definition) is 3. The molecule has 1 atom stereocenters. The molecule has 0 spiro atoms. The highest BCUT2D eigenvalue weighted by Crippen LogP contribution is 2.26.